The molecule has 3 aromatic carbocycles. The van der Waals surface area contributed by atoms with Crippen molar-refractivity contribution in [2.24, 2.45) is 0 Å². The van der Waals surface area contributed by atoms with E-state index < -0.39 is 17.7 Å². The zero-order chi connectivity index (χ0) is 26.1. The Hall–Kier alpha value is -3.82. The minimum atomic E-state index is -0.857. The Morgan fingerprint density at radius 2 is 1.57 bits per heavy atom. The summed E-state index contributed by atoms with van der Waals surface area (Å²) in [7, 11) is 0. The van der Waals surface area contributed by atoms with E-state index in [2.05, 4.69) is 10.2 Å². The topological polar surface area (TPSA) is 83.4 Å². The van der Waals surface area contributed by atoms with Crippen LogP contribution in [0, 0.1) is 19.7 Å². The summed E-state index contributed by atoms with van der Waals surface area (Å²) in [4.78, 5) is 27.9. The highest BCUT2D eigenvalue weighted by Crippen LogP contribution is 2.44. The lowest BCUT2D eigenvalue weighted by Gasteiger charge is -2.22. The van der Waals surface area contributed by atoms with Gasteiger partial charge in [-0.1, -0.05) is 94.9 Å². The summed E-state index contributed by atoms with van der Waals surface area (Å²) in [5.41, 5.74) is 4.08. The Morgan fingerprint density at radius 3 is 2.22 bits per heavy atom. The molecule has 1 unspecified atom stereocenters. The number of aromatic nitrogens is 2. The van der Waals surface area contributed by atoms with Crippen LogP contribution in [-0.2, 0) is 15.3 Å². The van der Waals surface area contributed by atoms with Crippen LogP contribution in [-0.4, -0.2) is 27.0 Å². The molecule has 0 saturated carbocycles. The molecule has 0 radical (unpaired) electrons. The normalized spacial score (nSPS) is 16.9. The van der Waals surface area contributed by atoms with E-state index in [-0.39, 0.29) is 22.3 Å². The van der Waals surface area contributed by atoms with E-state index in [4.69, 9.17) is 0 Å². The fraction of sp³-hybridized carbons (Fsp3) is 0.143. The molecule has 1 fully saturated rings. The SMILES string of the molecule is Cc1ccc(/C(O)=C2/C(=O)C(=O)N(c3nnc(SCc4ccc(F)cc4)s3)C2c2ccc(C)cc2)cc1. The van der Waals surface area contributed by atoms with Gasteiger partial charge in [-0.05, 0) is 37.1 Å². The molecule has 6 nitrogen and oxygen atoms in total. The summed E-state index contributed by atoms with van der Waals surface area (Å²) in [6.07, 6.45) is 0. The van der Waals surface area contributed by atoms with Crippen molar-refractivity contribution in [3.8, 4) is 0 Å². The smallest absolute Gasteiger partial charge is 0.301 e. The summed E-state index contributed by atoms with van der Waals surface area (Å²) in [6, 6.07) is 19.9. The third kappa shape index (κ3) is 5.05. The molecule has 2 heterocycles. The zero-order valence-electron chi connectivity index (χ0n) is 20.0. The van der Waals surface area contributed by atoms with Crippen LogP contribution in [0.3, 0.4) is 0 Å². The van der Waals surface area contributed by atoms with Gasteiger partial charge in [0.2, 0.25) is 5.13 Å². The average molecular weight is 532 g/mol. The van der Waals surface area contributed by atoms with Gasteiger partial charge in [-0.25, -0.2) is 4.39 Å². The summed E-state index contributed by atoms with van der Waals surface area (Å²) < 4.78 is 13.8. The minimum absolute atomic E-state index is 0.00780. The van der Waals surface area contributed by atoms with Crippen molar-refractivity contribution >= 4 is 45.7 Å². The fourth-order valence-electron chi connectivity index (χ4n) is 4.04. The molecule has 1 N–H and O–H groups in total. The van der Waals surface area contributed by atoms with E-state index in [1.54, 1.807) is 24.3 Å². The summed E-state index contributed by atoms with van der Waals surface area (Å²) in [5.74, 6) is -1.54. The van der Waals surface area contributed by atoms with Gasteiger partial charge in [0.15, 0.2) is 4.34 Å². The van der Waals surface area contributed by atoms with E-state index >= 15 is 0 Å². The number of aryl methyl sites for hydroxylation is 2. The number of aliphatic hydroxyl groups excluding tert-OH is 1. The highest BCUT2D eigenvalue weighted by Gasteiger charge is 2.48. The standard InChI is InChI=1S/C28H22FN3O3S2/c1-16-3-9-19(10-4-16)23-22(24(33)20-11-5-17(2)6-12-20)25(34)26(35)32(23)27-30-31-28(37-27)36-15-18-7-13-21(29)14-8-18/h3-14,23,33H,15H2,1-2H3/b24-22-. The number of carbonyl (C=O) groups excluding carboxylic acids is 2. The molecule has 1 saturated heterocycles. The van der Waals surface area contributed by atoms with Gasteiger partial charge in [-0.2, -0.15) is 0 Å². The zero-order valence-corrected chi connectivity index (χ0v) is 21.6. The number of anilines is 1. The van der Waals surface area contributed by atoms with Crippen LogP contribution >= 0.6 is 23.1 Å². The first-order valence-corrected chi connectivity index (χ1v) is 13.3. The molecule has 1 amide bonds. The van der Waals surface area contributed by atoms with Gasteiger partial charge in [-0.3, -0.25) is 14.5 Å². The van der Waals surface area contributed by atoms with Crippen LogP contribution in [0.25, 0.3) is 5.76 Å². The number of thioether (sulfide) groups is 1. The van der Waals surface area contributed by atoms with Crippen LogP contribution in [0.1, 0.15) is 33.9 Å². The lowest BCUT2D eigenvalue weighted by atomic mass is 9.94. The van der Waals surface area contributed by atoms with Crippen molar-refractivity contribution in [2.45, 2.75) is 30.0 Å². The average Bonchev–Trinajstić information content (AvgIpc) is 3.46. The van der Waals surface area contributed by atoms with E-state index in [0.717, 1.165) is 16.7 Å². The number of aliphatic hydroxyl groups is 1. The number of Topliss-reactive ketones (excluding diaryl/α,β-unsaturated/α-hetero) is 1. The first kappa shape index (κ1) is 24.9. The van der Waals surface area contributed by atoms with Crippen molar-refractivity contribution in [3.63, 3.8) is 0 Å². The predicted molar refractivity (Wildman–Crippen MR) is 143 cm³/mol. The Kier molecular flexibility index (Phi) is 6.90. The number of benzene rings is 3. The predicted octanol–water partition coefficient (Wildman–Crippen LogP) is 6.21. The molecule has 0 aliphatic carbocycles. The van der Waals surface area contributed by atoms with Gasteiger partial charge in [0.25, 0.3) is 5.78 Å². The maximum Gasteiger partial charge on any atom is 0.301 e. The van der Waals surface area contributed by atoms with Gasteiger partial charge < -0.3 is 5.11 Å². The van der Waals surface area contributed by atoms with Gasteiger partial charge in [0.1, 0.15) is 11.6 Å². The molecular formula is C28H22FN3O3S2. The Labute approximate surface area is 221 Å². The first-order valence-electron chi connectivity index (χ1n) is 11.5. The van der Waals surface area contributed by atoms with E-state index in [1.807, 2.05) is 50.2 Å². The van der Waals surface area contributed by atoms with Crippen LogP contribution in [0.4, 0.5) is 9.52 Å². The monoisotopic (exact) mass is 531 g/mol. The maximum absolute atomic E-state index is 13.3. The molecule has 4 aromatic rings. The van der Waals surface area contributed by atoms with Gasteiger partial charge in [-0.15, -0.1) is 10.2 Å². The van der Waals surface area contributed by atoms with Crippen LogP contribution in [0.2, 0.25) is 0 Å². The first-order chi connectivity index (χ1) is 17.8. The second-order valence-corrected chi connectivity index (χ2v) is 10.9. The summed E-state index contributed by atoms with van der Waals surface area (Å²) >= 11 is 2.59. The third-order valence-electron chi connectivity index (χ3n) is 6.04. The van der Waals surface area contributed by atoms with Crippen LogP contribution in [0.5, 0.6) is 0 Å². The molecule has 1 aromatic heterocycles. The van der Waals surface area contributed by atoms with E-state index in [9.17, 15) is 19.1 Å². The number of hydrogen-bond acceptors (Lipinski definition) is 7. The Morgan fingerprint density at radius 1 is 0.946 bits per heavy atom. The fourth-order valence-corrected chi connectivity index (χ4v) is 5.87. The highest BCUT2D eigenvalue weighted by molar-refractivity contribution is 8.00. The molecule has 5 rings (SSSR count). The summed E-state index contributed by atoms with van der Waals surface area (Å²) in [6.45, 7) is 3.87. The number of rotatable bonds is 6. The number of carbonyl (C=O) groups is 2. The second kappa shape index (κ2) is 10.3. The van der Waals surface area contributed by atoms with Crippen LogP contribution < -0.4 is 4.90 Å². The highest BCUT2D eigenvalue weighted by atomic mass is 32.2. The van der Waals surface area contributed by atoms with Crippen molar-refractivity contribution < 1.29 is 19.1 Å². The summed E-state index contributed by atoms with van der Waals surface area (Å²) in [5, 5.41) is 19.9. The van der Waals surface area contributed by atoms with Crippen molar-refractivity contribution in [3.05, 3.63) is 112 Å². The second-order valence-electron chi connectivity index (χ2n) is 8.71. The molecule has 1 aliphatic rings. The molecule has 0 spiro atoms. The molecular weight excluding hydrogens is 509 g/mol. The van der Waals surface area contributed by atoms with Crippen molar-refractivity contribution in [1.82, 2.24) is 10.2 Å². The Bertz CT molecular complexity index is 1500. The molecule has 9 heteroatoms. The molecule has 0 bridgehead atoms. The lowest BCUT2D eigenvalue weighted by Crippen LogP contribution is -2.29. The molecule has 186 valence electrons. The molecule has 1 aliphatic heterocycles. The Balaban J connectivity index is 1.53. The number of hydrogen-bond donors (Lipinski definition) is 1. The van der Waals surface area contributed by atoms with Crippen molar-refractivity contribution in [1.29, 1.82) is 0 Å². The van der Waals surface area contributed by atoms with Gasteiger partial charge in [0.05, 0.1) is 11.6 Å². The molecule has 37 heavy (non-hydrogen) atoms. The van der Waals surface area contributed by atoms with Gasteiger partial charge >= 0.3 is 5.91 Å². The number of ketones is 1. The number of halogens is 1. The maximum atomic E-state index is 13.3. The number of nitrogens with zero attached hydrogens (tertiary/aromatic N) is 3. The minimum Gasteiger partial charge on any atom is -0.507 e. The largest absolute Gasteiger partial charge is 0.507 e. The van der Waals surface area contributed by atoms with E-state index in [1.165, 1.54) is 40.1 Å². The lowest BCUT2D eigenvalue weighted by molar-refractivity contribution is -0.132. The molecule has 1 atom stereocenters. The van der Waals surface area contributed by atoms with Crippen LogP contribution in [0.15, 0.2) is 82.7 Å². The number of amides is 1. The van der Waals surface area contributed by atoms with E-state index in [0.29, 0.717) is 21.2 Å². The van der Waals surface area contributed by atoms with Crippen molar-refractivity contribution in [2.75, 3.05) is 4.90 Å². The third-order valence-corrected chi connectivity index (χ3v) is 8.17. The quantitative estimate of drug-likeness (QED) is 0.105. The van der Waals surface area contributed by atoms with Gasteiger partial charge in [0, 0.05) is 11.3 Å².